The number of fused-ring (bicyclic) bond motifs is 3. The fourth-order valence-corrected chi connectivity index (χ4v) is 4.12. The van der Waals surface area contributed by atoms with Crippen LogP contribution in [0.25, 0.3) is 10.9 Å². The molecule has 2 aliphatic heterocycles. The summed E-state index contributed by atoms with van der Waals surface area (Å²) >= 11 is 6.25. The van der Waals surface area contributed by atoms with E-state index < -0.39 is 16.8 Å². The number of nitrogens with one attached hydrogen (secondary N) is 1. The van der Waals surface area contributed by atoms with Gasteiger partial charge >= 0.3 is 12.1 Å². The standard InChI is InChI=1S/C19H19ClF3N4O2/c20-17-15-16(13-3-1-2-4-14(13)26-17)27(11-25-15,29-18(28)19(21,22)23)10-7-12-5-8-24-9-6-12/h1-4,11-12,24H,5-10H2/q+1. The smallest absolute Gasteiger partial charge is 0.317 e. The van der Waals surface area contributed by atoms with E-state index in [4.69, 9.17) is 16.4 Å². The average Bonchev–Trinajstić information content (AvgIpc) is 3.07. The normalized spacial score (nSPS) is 22.1. The van der Waals surface area contributed by atoms with Gasteiger partial charge in [-0.05, 0) is 44.0 Å². The number of para-hydroxylation sites is 1. The quantitative estimate of drug-likeness (QED) is 0.584. The fourth-order valence-electron chi connectivity index (χ4n) is 3.89. The van der Waals surface area contributed by atoms with Crippen molar-refractivity contribution in [1.82, 2.24) is 14.9 Å². The van der Waals surface area contributed by atoms with Gasteiger partial charge in [-0.3, -0.25) is 4.84 Å². The van der Waals surface area contributed by atoms with E-state index >= 15 is 0 Å². The van der Waals surface area contributed by atoms with Gasteiger partial charge in [-0.1, -0.05) is 28.4 Å². The molecule has 1 aromatic carbocycles. The molecule has 0 radical (unpaired) electrons. The van der Waals surface area contributed by atoms with E-state index in [-0.39, 0.29) is 17.4 Å². The lowest BCUT2D eigenvalue weighted by atomic mass is 9.94. The number of halogens is 4. The van der Waals surface area contributed by atoms with Crippen molar-refractivity contribution < 1.29 is 22.8 Å². The Hall–Kier alpha value is -2.23. The molecular formula is C19H19ClF3N4O2+. The van der Waals surface area contributed by atoms with Crippen molar-refractivity contribution in [2.24, 2.45) is 10.9 Å². The second-order valence-corrected chi connectivity index (χ2v) is 7.60. The number of carbonyl (C=O) groups excluding carboxylic acids is 1. The zero-order valence-corrected chi connectivity index (χ0v) is 16.1. The molecule has 2 aromatic rings. The van der Waals surface area contributed by atoms with Crippen molar-refractivity contribution in [3.05, 3.63) is 29.4 Å². The van der Waals surface area contributed by atoms with Crippen LogP contribution >= 0.6 is 11.6 Å². The van der Waals surface area contributed by atoms with Crippen LogP contribution in [-0.4, -0.2) is 43.1 Å². The largest absolute Gasteiger partial charge is 0.497 e. The number of carbonyl (C=O) groups is 1. The Bertz CT molecular complexity index is 976. The lowest BCUT2D eigenvalue weighted by Crippen LogP contribution is -2.52. The Labute approximate surface area is 169 Å². The van der Waals surface area contributed by atoms with Gasteiger partial charge in [0.25, 0.3) is 0 Å². The Morgan fingerprint density at radius 3 is 2.72 bits per heavy atom. The molecule has 2 aliphatic rings. The summed E-state index contributed by atoms with van der Waals surface area (Å²) < 4.78 is 38.4. The van der Waals surface area contributed by atoms with Crippen molar-refractivity contribution in [2.45, 2.75) is 25.4 Å². The van der Waals surface area contributed by atoms with Crippen LogP contribution in [-0.2, 0) is 9.63 Å². The summed E-state index contributed by atoms with van der Waals surface area (Å²) in [5.74, 6) is -1.95. The van der Waals surface area contributed by atoms with Crippen LogP contribution in [0.4, 0.5) is 24.5 Å². The SMILES string of the molecule is O=C(O[N+]1(CCC2CCNCC2)C=Nc2c(Cl)nc3ccccc3c21)C(F)(F)F. The van der Waals surface area contributed by atoms with E-state index in [1.807, 2.05) is 0 Å². The molecule has 0 amide bonds. The van der Waals surface area contributed by atoms with E-state index in [1.165, 1.54) is 6.34 Å². The number of nitrogens with zero attached hydrogens (tertiary/aromatic N) is 3. The maximum atomic E-state index is 13.1. The number of hydroxylamine groups is 2. The lowest BCUT2D eigenvalue weighted by Gasteiger charge is -2.30. The van der Waals surface area contributed by atoms with Crippen LogP contribution in [0.5, 0.6) is 0 Å². The van der Waals surface area contributed by atoms with Gasteiger partial charge in [-0.15, -0.1) is 0 Å². The first-order valence-corrected chi connectivity index (χ1v) is 9.71. The number of rotatable bonds is 4. The molecule has 154 valence electrons. The zero-order chi connectivity index (χ0) is 20.6. The van der Waals surface area contributed by atoms with Gasteiger partial charge in [0.2, 0.25) is 12.0 Å². The van der Waals surface area contributed by atoms with Gasteiger partial charge in [-0.2, -0.15) is 18.2 Å². The second kappa shape index (κ2) is 7.55. The van der Waals surface area contributed by atoms with Crippen LogP contribution in [0.3, 0.4) is 0 Å². The molecule has 1 unspecified atom stereocenters. The van der Waals surface area contributed by atoms with E-state index in [9.17, 15) is 18.0 Å². The molecule has 4 rings (SSSR count). The summed E-state index contributed by atoms with van der Waals surface area (Å²) in [7, 11) is 0. The molecule has 1 N–H and O–H groups in total. The third-order valence-corrected chi connectivity index (χ3v) is 5.62. The first-order chi connectivity index (χ1) is 13.8. The van der Waals surface area contributed by atoms with E-state index in [0.29, 0.717) is 28.9 Å². The molecular weight excluding hydrogens is 409 g/mol. The molecule has 1 aromatic heterocycles. The lowest BCUT2D eigenvalue weighted by molar-refractivity contribution is -0.222. The Balaban J connectivity index is 1.78. The van der Waals surface area contributed by atoms with Crippen LogP contribution in [0.15, 0.2) is 29.3 Å². The highest BCUT2D eigenvalue weighted by molar-refractivity contribution is 6.34. The molecule has 0 saturated carbocycles. The van der Waals surface area contributed by atoms with Crippen LogP contribution < -0.4 is 9.96 Å². The summed E-state index contributed by atoms with van der Waals surface area (Å²) in [5.41, 5.74) is 1.03. The zero-order valence-electron chi connectivity index (χ0n) is 15.4. The number of quaternary nitrogens is 1. The van der Waals surface area contributed by atoms with Crippen molar-refractivity contribution in [2.75, 3.05) is 19.6 Å². The fraction of sp³-hybridized carbons (Fsp3) is 0.421. The Morgan fingerprint density at radius 2 is 2.00 bits per heavy atom. The molecule has 1 atom stereocenters. The molecule has 10 heteroatoms. The van der Waals surface area contributed by atoms with Gasteiger partial charge in [-0.25, -0.2) is 9.78 Å². The van der Waals surface area contributed by atoms with Crippen LogP contribution in [0, 0.1) is 5.92 Å². The molecule has 6 nitrogen and oxygen atoms in total. The first-order valence-electron chi connectivity index (χ1n) is 9.33. The minimum absolute atomic E-state index is 0.0554. The molecule has 0 aliphatic carbocycles. The summed E-state index contributed by atoms with van der Waals surface area (Å²) in [6.07, 6.45) is -1.50. The van der Waals surface area contributed by atoms with Crippen LogP contribution in [0.2, 0.25) is 5.15 Å². The highest BCUT2D eigenvalue weighted by atomic mass is 35.5. The summed E-state index contributed by atoms with van der Waals surface area (Å²) in [6.45, 7) is 1.85. The predicted molar refractivity (Wildman–Crippen MR) is 104 cm³/mol. The van der Waals surface area contributed by atoms with Gasteiger partial charge in [0.15, 0.2) is 10.8 Å². The van der Waals surface area contributed by atoms with Crippen molar-refractivity contribution in [3.8, 4) is 0 Å². The summed E-state index contributed by atoms with van der Waals surface area (Å²) in [6, 6.07) is 6.90. The minimum Gasteiger partial charge on any atom is -0.317 e. The molecule has 1 saturated heterocycles. The maximum absolute atomic E-state index is 13.1. The molecule has 1 fully saturated rings. The molecule has 29 heavy (non-hydrogen) atoms. The Morgan fingerprint density at radius 1 is 1.28 bits per heavy atom. The summed E-state index contributed by atoms with van der Waals surface area (Å²) in [4.78, 5) is 25.3. The van der Waals surface area contributed by atoms with Crippen molar-refractivity contribution in [3.63, 3.8) is 0 Å². The number of hydrogen-bond donors (Lipinski definition) is 1. The van der Waals surface area contributed by atoms with Gasteiger partial charge in [0.1, 0.15) is 6.54 Å². The van der Waals surface area contributed by atoms with Crippen LogP contribution in [0.1, 0.15) is 19.3 Å². The van der Waals surface area contributed by atoms with Crippen molar-refractivity contribution in [1.29, 1.82) is 0 Å². The number of aromatic nitrogens is 1. The highest BCUT2D eigenvalue weighted by Gasteiger charge is 2.52. The van der Waals surface area contributed by atoms with Gasteiger partial charge < -0.3 is 5.32 Å². The topological polar surface area (TPSA) is 63.6 Å². The molecule has 0 spiro atoms. The number of pyridine rings is 1. The average molecular weight is 428 g/mol. The Kier molecular flexibility index (Phi) is 5.22. The summed E-state index contributed by atoms with van der Waals surface area (Å²) in [5, 5.41) is 3.86. The third kappa shape index (κ3) is 3.82. The number of hydrogen-bond acceptors (Lipinski definition) is 5. The van der Waals surface area contributed by atoms with E-state index in [0.717, 1.165) is 25.9 Å². The number of alkyl halides is 3. The second-order valence-electron chi connectivity index (χ2n) is 7.24. The van der Waals surface area contributed by atoms with Gasteiger partial charge in [0.05, 0.1) is 10.9 Å². The van der Waals surface area contributed by atoms with Gasteiger partial charge in [0, 0.05) is 6.42 Å². The predicted octanol–water partition coefficient (Wildman–Crippen LogP) is 4.28. The number of piperidine rings is 1. The van der Waals surface area contributed by atoms with E-state index in [2.05, 4.69) is 15.3 Å². The highest BCUT2D eigenvalue weighted by Crippen LogP contribution is 2.47. The van der Waals surface area contributed by atoms with Crippen molar-refractivity contribution >= 4 is 46.2 Å². The third-order valence-electron chi connectivity index (χ3n) is 5.35. The monoisotopic (exact) mass is 427 g/mol. The maximum Gasteiger partial charge on any atom is 0.497 e. The molecule has 3 heterocycles. The minimum atomic E-state index is -5.12. The first kappa shape index (κ1) is 20.1. The number of benzene rings is 1. The molecule has 0 bridgehead atoms. The number of aliphatic imine (C=N–C) groups is 1. The van der Waals surface area contributed by atoms with E-state index in [1.54, 1.807) is 24.3 Å².